The summed E-state index contributed by atoms with van der Waals surface area (Å²) < 4.78 is 33.4. The number of benzene rings is 1. The summed E-state index contributed by atoms with van der Waals surface area (Å²) in [5, 5.41) is 4.64. The summed E-state index contributed by atoms with van der Waals surface area (Å²) in [4.78, 5) is 26.3. The normalized spacial score (nSPS) is 16.3. The predicted molar refractivity (Wildman–Crippen MR) is 107 cm³/mol. The number of aromatic amines is 1. The van der Waals surface area contributed by atoms with Crippen LogP contribution in [0, 0.1) is 13.8 Å². The molecule has 0 bridgehead atoms. The molecular formula is C21H20F2N6O2. The zero-order valence-corrected chi connectivity index (χ0v) is 17.2. The van der Waals surface area contributed by atoms with Gasteiger partial charge in [0.05, 0.1) is 12.0 Å². The molecule has 0 aliphatic carbocycles. The highest BCUT2D eigenvalue weighted by molar-refractivity contribution is 5.92. The third-order valence-corrected chi connectivity index (χ3v) is 5.74. The lowest BCUT2D eigenvalue weighted by Crippen LogP contribution is -2.41. The number of carbonyl (C=O) groups excluding carboxylic acids is 1. The molecule has 0 radical (unpaired) electrons. The van der Waals surface area contributed by atoms with Gasteiger partial charge in [-0.2, -0.15) is 0 Å². The monoisotopic (exact) mass is 426 g/mol. The summed E-state index contributed by atoms with van der Waals surface area (Å²) in [6, 6.07) is 5.32. The second-order valence-electron chi connectivity index (χ2n) is 7.73. The van der Waals surface area contributed by atoms with Crippen molar-refractivity contribution in [1.82, 2.24) is 29.6 Å². The SMILES string of the molecule is Cc1ccc(C)c2oc([C@@H]3c4nc[nH]c4CCN3C(=O)c3nc(C(F)F)nn3C)cc12. The summed E-state index contributed by atoms with van der Waals surface area (Å²) in [6.45, 7) is 4.31. The minimum atomic E-state index is -2.86. The van der Waals surface area contributed by atoms with E-state index in [2.05, 4.69) is 20.1 Å². The fourth-order valence-electron chi connectivity index (χ4n) is 4.14. The van der Waals surface area contributed by atoms with Crippen LogP contribution in [-0.4, -0.2) is 42.1 Å². The summed E-state index contributed by atoms with van der Waals surface area (Å²) in [6.07, 6.45) is -0.721. The van der Waals surface area contributed by atoms with E-state index in [1.807, 2.05) is 32.0 Å². The summed E-state index contributed by atoms with van der Waals surface area (Å²) in [5.41, 5.74) is 4.38. The Morgan fingerprint density at radius 2 is 2.06 bits per heavy atom. The van der Waals surface area contributed by atoms with Gasteiger partial charge >= 0.3 is 0 Å². The van der Waals surface area contributed by atoms with Gasteiger partial charge in [0.1, 0.15) is 17.4 Å². The van der Waals surface area contributed by atoms with Crippen molar-refractivity contribution in [2.24, 2.45) is 7.05 Å². The number of nitrogens with zero attached hydrogens (tertiary/aromatic N) is 5. The number of imidazole rings is 1. The molecule has 3 aromatic heterocycles. The van der Waals surface area contributed by atoms with Crippen LogP contribution in [0.4, 0.5) is 8.78 Å². The van der Waals surface area contributed by atoms with Crippen molar-refractivity contribution in [3.8, 4) is 0 Å². The summed E-state index contributed by atoms with van der Waals surface area (Å²) >= 11 is 0. The maximum atomic E-state index is 13.4. The van der Waals surface area contributed by atoms with Gasteiger partial charge in [0.25, 0.3) is 12.3 Å². The number of hydrogen-bond acceptors (Lipinski definition) is 5. The van der Waals surface area contributed by atoms with Gasteiger partial charge in [-0.15, -0.1) is 5.10 Å². The van der Waals surface area contributed by atoms with Crippen molar-refractivity contribution >= 4 is 16.9 Å². The van der Waals surface area contributed by atoms with Crippen LogP contribution in [0.15, 0.2) is 28.9 Å². The Morgan fingerprint density at radius 3 is 2.77 bits per heavy atom. The first-order valence-electron chi connectivity index (χ1n) is 9.87. The lowest BCUT2D eigenvalue weighted by atomic mass is 9.99. The van der Waals surface area contributed by atoms with Gasteiger partial charge in [0, 0.05) is 31.1 Å². The molecule has 1 aromatic carbocycles. The molecule has 10 heteroatoms. The molecule has 0 saturated carbocycles. The molecule has 160 valence electrons. The van der Waals surface area contributed by atoms with Crippen LogP contribution in [-0.2, 0) is 13.5 Å². The smallest absolute Gasteiger partial charge is 0.299 e. The zero-order valence-electron chi connectivity index (χ0n) is 17.2. The first-order chi connectivity index (χ1) is 14.8. The van der Waals surface area contributed by atoms with E-state index >= 15 is 0 Å². The third-order valence-electron chi connectivity index (χ3n) is 5.74. The molecule has 0 unspecified atom stereocenters. The number of rotatable bonds is 3. The van der Waals surface area contributed by atoms with Gasteiger partial charge < -0.3 is 14.3 Å². The molecule has 4 heterocycles. The zero-order chi connectivity index (χ0) is 21.9. The number of carbonyl (C=O) groups is 1. The number of halogens is 2. The van der Waals surface area contributed by atoms with E-state index in [-0.39, 0.29) is 5.82 Å². The second kappa shape index (κ2) is 7.00. The average molecular weight is 426 g/mol. The first-order valence-corrected chi connectivity index (χ1v) is 9.87. The molecule has 4 aromatic rings. The van der Waals surface area contributed by atoms with Crippen LogP contribution in [0.1, 0.15) is 57.2 Å². The molecule has 5 rings (SSSR count). The molecular weight excluding hydrogens is 406 g/mol. The van der Waals surface area contributed by atoms with Gasteiger partial charge in [-0.05, 0) is 31.0 Å². The molecule has 31 heavy (non-hydrogen) atoms. The van der Waals surface area contributed by atoms with Crippen LogP contribution >= 0.6 is 0 Å². The van der Waals surface area contributed by atoms with E-state index in [1.165, 1.54) is 7.05 Å². The Balaban J connectivity index is 1.63. The van der Waals surface area contributed by atoms with Gasteiger partial charge in [-0.3, -0.25) is 4.79 Å². The van der Waals surface area contributed by atoms with Crippen LogP contribution in [0.5, 0.6) is 0 Å². The van der Waals surface area contributed by atoms with E-state index in [4.69, 9.17) is 4.42 Å². The van der Waals surface area contributed by atoms with E-state index < -0.39 is 24.2 Å². The van der Waals surface area contributed by atoms with Crippen molar-refractivity contribution < 1.29 is 18.0 Å². The maximum absolute atomic E-state index is 13.4. The average Bonchev–Trinajstić information content (AvgIpc) is 3.47. The number of aryl methyl sites for hydroxylation is 3. The van der Waals surface area contributed by atoms with Gasteiger partial charge in [-0.25, -0.2) is 23.4 Å². The van der Waals surface area contributed by atoms with Crippen LogP contribution in [0.3, 0.4) is 0 Å². The quantitative estimate of drug-likeness (QED) is 0.540. The van der Waals surface area contributed by atoms with Gasteiger partial charge in [0.15, 0.2) is 0 Å². The van der Waals surface area contributed by atoms with Crippen LogP contribution in [0.2, 0.25) is 0 Å². The van der Waals surface area contributed by atoms with Crippen LogP contribution < -0.4 is 0 Å². The van der Waals surface area contributed by atoms with Crippen molar-refractivity contribution in [1.29, 1.82) is 0 Å². The van der Waals surface area contributed by atoms with Crippen molar-refractivity contribution in [3.05, 3.63) is 64.5 Å². The summed E-state index contributed by atoms with van der Waals surface area (Å²) in [5.74, 6) is -0.767. The van der Waals surface area contributed by atoms with E-state index in [0.717, 1.165) is 32.5 Å². The molecule has 1 amide bonds. The third kappa shape index (κ3) is 3.01. The Morgan fingerprint density at radius 1 is 1.29 bits per heavy atom. The van der Waals surface area contributed by atoms with E-state index in [9.17, 15) is 13.6 Å². The fraction of sp³-hybridized carbons (Fsp3) is 0.333. The summed E-state index contributed by atoms with van der Waals surface area (Å²) in [7, 11) is 1.43. The standard InChI is InChI=1S/C21H20F2N6O2/c1-10-4-5-11(2)17-12(10)8-14(31-17)16-15-13(24-9-25-15)6-7-29(16)21(30)20-26-19(18(22)23)27-28(20)3/h4-5,8-9,16,18H,6-7H2,1-3H3,(H,24,25)/t16-/m1/s1. The van der Waals surface area contributed by atoms with E-state index in [0.29, 0.717) is 24.4 Å². The lowest BCUT2D eigenvalue weighted by molar-refractivity contribution is 0.0654. The first kappa shape index (κ1) is 19.4. The Labute approximate surface area is 175 Å². The number of fused-ring (bicyclic) bond motifs is 2. The second-order valence-corrected chi connectivity index (χ2v) is 7.73. The minimum Gasteiger partial charge on any atom is -0.458 e. The largest absolute Gasteiger partial charge is 0.458 e. The fourth-order valence-corrected chi connectivity index (χ4v) is 4.14. The molecule has 1 aliphatic rings. The van der Waals surface area contributed by atoms with Crippen molar-refractivity contribution in [2.45, 2.75) is 32.7 Å². The molecule has 1 atom stereocenters. The number of furan rings is 1. The molecule has 8 nitrogen and oxygen atoms in total. The number of H-pyrrole nitrogens is 1. The lowest BCUT2D eigenvalue weighted by Gasteiger charge is -2.33. The van der Waals surface area contributed by atoms with E-state index in [1.54, 1.807) is 11.2 Å². The minimum absolute atomic E-state index is 0.150. The highest BCUT2D eigenvalue weighted by atomic mass is 19.3. The molecule has 0 fully saturated rings. The van der Waals surface area contributed by atoms with Crippen LogP contribution in [0.25, 0.3) is 11.0 Å². The van der Waals surface area contributed by atoms with Gasteiger partial charge in [0.2, 0.25) is 11.6 Å². The topological polar surface area (TPSA) is 92.8 Å². The molecule has 1 N–H and O–H groups in total. The van der Waals surface area contributed by atoms with Crippen molar-refractivity contribution in [3.63, 3.8) is 0 Å². The van der Waals surface area contributed by atoms with Gasteiger partial charge in [-0.1, -0.05) is 12.1 Å². The number of alkyl halides is 2. The number of amides is 1. The van der Waals surface area contributed by atoms with Crippen molar-refractivity contribution in [2.75, 3.05) is 6.54 Å². The highest BCUT2D eigenvalue weighted by Gasteiger charge is 2.38. The molecule has 0 saturated heterocycles. The molecule has 0 spiro atoms. The predicted octanol–water partition coefficient (Wildman–Crippen LogP) is 3.63. The Hall–Kier alpha value is -3.56. The highest BCUT2D eigenvalue weighted by Crippen LogP contribution is 2.38. The maximum Gasteiger partial charge on any atom is 0.299 e. The number of aromatic nitrogens is 5. The molecule has 1 aliphatic heterocycles. The number of hydrogen-bond donors (Lipinski definition) is 1. The Bertz CT molecular complexity index is 1270. The Kier molecular flexibility index (Phi) is 4.38. The number of nitrogens with one attached hydrogen (secondary N) is 1.